The van der Waals surface area contributed by atoms with Gasteiger partial charge in [0.25, 0.3) is 0 Å². The van der Waals surface area contributed by atoms with Crippen molar-refractivity contribution in [3.05, 3.63) is 54.3 Å². The lowest BCUT2D eigenvalue weighted by atomic mass is 10.1. The van der Waals surface area contributed by atoms with Gasteiger partial charge >= 0.3 is 0 Å². The van der Waals surface area contributed by atoms with Crippen LogP contribution in [0.1, 0.15) is 0 Å². The Balaban J connectivity index is 2.03. The van der Waals surface area contributed by atoms with Gasteiger partial charge in [-0.25, -0.2) is 4.39 Å². The molecule has 0 saturated carbocycles. The van der Waals surface area contributed by atoms with Gasteiger partial charge in [0.1, 0.15) is 5.82 Å². The molecule has 0 unspecified atom stereocenters. The minimum atomic E-state index is -0.197. The van der Waals surface area contributed by atoms with E-state index in [0.717, 1.165) is 30.2 Å². The maximum Gasteiger partial charge on any atom is 0.123 e. The smallest absolute Gasteiger partial charge is 0.123 e. The number of anilines is 3. The van der Waals surface area contributed by atoms with Crippen molar-refractivity contribution >= 4 is 17.1 Å². The molecule has 2 aromatic rings. The molecular formula is C14H13FN2. The normalized spacial score (nSPS) is 14.1. The van der Waals surface area contributed by atoms with Gasteiger partial charge in [0.05, 0.1) is 11.4 Å². The van der Waals surface area contributed by atoms with E-state index in [1.165, 1.54) is 12.1 Å². The maximum atomic E-state index is 12.9. The van der Waals surface area contributed by atoms with Gasteiger partial charge in [-0.05, 0) is 36.4 Å². The van der Waals surface area contributed by atoms with E-state index in [9.17, 15) is 4.39 Å². The minimum Gasteiger partial charge on any atom is -0.382 e. The number of para-hydroxylation sites is 2. The summed E-state index contributed by atoms with van der Waals surface area (Å²) in [5, 5.41) is 3.36. The third kappa shape index (κ3) is 1.84. The minimum absolute atomic E-state index is 0.197. The maximum absolute atomic E-state index is 12.9. The van der Waals surface area contributed by atoms with E-state index in [1.54, 1.807) is 0 Å². The van der Waals surface area contributed by atoms with Gasteiger partial charge in [-0.2, -0.15) is 0 Å². The molecule has 1 heterocycles. The van der Waals surface area contributed by atoms with Crippen LogP contribution in [0.4, 0.5) is 21.5 Å². The van der Waals surface area contributed by atoms with Crippen LogP contribution in [0.3, 0.4) is 0 Å². The number of benzene rings is 2. The summed E-state index contributed by atoms with van der Waals surface area (Å²) >= 11 is 0. The summed E-state index contributed by atoms with van der Waals surface area (Å²) in [6.45, 7) is 1.79. The fourth-order valence-electron chi connectivity index (χ4n) is 2.17. The number of nitrogens with one attached hydrogen (secondary N) is 1. The second kappa shape index (κ2) is 4.09. The molecule has 3 rings (SSSR count). The largest absolute Gasteiger partial charge is 0.382 e. The van der Waals surface area contributed by atoms with Crippen molar-refractivity contribution in [3.8, 4) is 0 Å². The third-order valence-corrected chi connectivity index (χ3v) is 2.98. The quantitative estimate of drug-likeness (QED) is 0.804. The molecule has 0 aliphatic carbocycles. The van der Waals surface area contributed by atoms with Gasteiger partial charge in [-0.1, -0.05) is 12.1 Å². The summed E-state index contributed by atoms with van der Waals surface area (Å²) in [6.07, 6.45) is 0. The molecular weight excluding hydrogens is 215 g/mol. The topological polar surface area (TPSA) is 15.3 Å². The molecule has 3 heteroatoms. The Labute approximate surface area is 99.7 Å². The van der Waals surface area contributed by atoms with Crippen LogP contribution in [0.5, 0.6) is 0 Å². The van der Waals surface area contributed by atoms with Gasteiger partial charge in [0.15, 0.2) is 0 Å². The van der Waals surface area contributed by atoms with E-state index in [2.05, 4.69) is 22.3 Å². The Morgan fingerprint density at radius 2 is 1.76 bits per heavy atom. The van der Waals surface area contributed by atoms with Crippen molar-refractivity contribution in [1.29, 1.82) is 0 Å². The average molecular weight is 228 g/mol. The number of rotatable bonds is 1. The fourth-order valence-corrected chi connectivity index (χ4v) is 2.17. The van der Waals surface area contributed by atoms with E-state index < -0.39 is 0 Å². The van der Waals surface area contributed by atoms with Crippen molar-refractivity contribution in [2.75, 3.05) is 23.3 Å². The Bertz CT molecular complexity index is 522. The van der Waals surface area contributed by atoms with Gasteiger partial charge in [0.2, 0.25) is 0 Å². The second-order valence-electron chi connectivity index (χ2n) is 4.07. The van der Waals surface area contributed by atoms with Crippen molar-refractivity contribution in [2.24, 2.45) is 0 Å². The van der Waals surface area contributed by atoms with Gasteiger partial charge in [-0.3, -0.25) is 0 Å². The molecule has 86 valence electrons. The van der Waals surface area contributed by atoms with Crippen molar-refractivity contribution in [2.45, 2.75) is 0 Å². The summed E-state index contributed by atoms with van der Waals surface area (Å²) in [5.74, 6) is -0.197. The number of hydrogen-bond acceptors (Lipinski definition) is 2. The predicted octanol–water partition coefficient (Wildman–Crippen LogP) is 3.39. The first-order chi connectivity index (χ1) is 8.34. The number of halogens is 1. The van der Waals surface area contributed by atoms with Crippen LogP contribution < -0.4 is 10.2 Å². The molecule has 2 nitrogen and oxygen atoms in total. The molecule has 0 saturated heterocycles. The zero-order valence-corrected chi connectivity index (χ0v) is 9.36. The third-order valence-electron chi connectivity index (χ3n) is 2.98. The summed E-state index contributed by atoms with van der Waals surface area (Å²) in [6, 6.07) is 14.8. The number of nitrogens with zero attached hydrogens (tertiary/aromatic N) is 1. The highest BCUT2D eigenvalue weighted by molar-refractivity contribution is 5.78. The van der Waals surface area contributed by atoms with Crippen LogP contribution in [-0.4, -0.2) is 13.1 Å². The van der Waals surface area contributed by atoms with Crippen LogP contribution in [0.25, 0.3) is 0 Å². The zero-order chi connectivity index (χ0) is 11.7. The molecule has 0 fully saturated rings. The van der Waals surface area contributed by atoms with Crippen molar-refractivity contribution in [3.63, 3.8) is 0 Å². The molecule has 1 aliphatic heterocycles. The average Bonchev–Trinajstić information content (AvgIpc) is 2.39. The summed E-state index contributed by atoms with van der Waals surface area (Å²) in [4.78, 5) is 2.20. The van der Waals surface area contributed by atoms with E-state index in [1.807, 2.05) is 24.3 Å². The summed E-state index contributed by atoms with van der Waals surface area (Å²) < 4.78 is 12.9. The fraction of sp³-hybridized carbons (Fsp3) is 0.143. The molecule has 0 amide bonds. The Hall–Kier alpha value is -2.03. The molecule has 1 aliphatic rings. The second-order valence-corrected chi connectivity index (χ2v) is 4.07. The molecule has 2 aromatic carbocycles. The molecule has 0 aromatic heterocycles. The van der Waals surface area contributed by atoms with Crippen LogP contribution >= 0.6 is 0 Å². The first kappa shape index (κ1) is 10.1. The van der Waals surface area contributed by atoms with E-state index in [-0.39, 0.29) is 5.82 Å². The van der Waals surface area contributed by atoms with Gasteiger partial charge < -0.3 is 10.2 Å². The predicted molar refractivity (Wildman–Crippen MR) is 68.3 cm³/mol. The zero-order valence-electron chi connectivity index (χ0n) is 9.36. The van der Waals surface area contributed by atoms with E-state index in [4.69, 9.17) is 0 Å². The molecule has 0 radical (unpaired) electrons. The Morgan fingerprint density at radius 1 is 1.00 bits per heavy atom. The summed E-state index contributed by atoms with van der Waals surface area (Å²) in [7, 11) is 0. The van der Waals surface area contributed by atoms with Crippen LogP contribution in [-0.2, 0) is 0 Å². The molecule has 0 atom stereocenters. The molecule has 1 N–H and O–H groups in total. The highest BCUT2D eigenvalue weighted by atomic mass is 19.1. The van der Waals surface area contributed by atoms with Crippen LogP contribution in [0.2, 0.25) is 0 Å². The Morgan fingerprint density at radius 3 is 2.59 bits per heavy atom. The van der Waals surface area contributed by atoms with Gasteiger partial charge in [0, 0.05) is 18.8 Å². The van der Waals surface area contributed by atoms with E-state index in [0.29, 0.717) is 0 Å². The van der Waals surface area contributed by atoms with Crippen LogP contribution in [0, 0.1) is 5.82 Å². The number of hydrogen-bond donors (Lipinski definition) is 1. The molecule has 17 heavy (non-hydrogen) atoms. The first-order valence-electron chi connectivity index (χ1n) is 5.70. The number of fused-ring (bicyclic) bond motifs is 1. The lowest BCUT2D eigenvalue weighted by Crippen LogP contribution is -2.29. The lowest BCUT2D eigenvalue weighted by molar-refractivity contribution is 0.627. The Kier molecular flexibility index (Phi) is 2.44. The van der Waals surface area contributed by atoms with Gasteiger partial charge in [-0.15, -0.1) is 0 Å². The molecule has 0 bridgehead atoms. The van der Waals surface area contributed by atoms with Crippen molar-refractivity contribution in [1.82, 2.24) is 0 Å². The highest BCUT2D eigenvalue weighted by Gasteiger charge is 2.16. The lowest BCUT2D eigenvalue weighted by Gasteiger charge is -2.32. The van der Waals surface area contributed by atoms with E-state index >= 15 is 0 Å². The standard InChI is InChI=1S/C14H13FN2/c15-11-5-7-12(8-6-11)17-10-9-16-13-3-1-2-4-14(13)17/h1-8,16H,9-10H2. The first-order valence-corrected chi connectivity index (χ1v) is 5.70. The monoisotopic (exact) mass is 228 g/mol. The highest BCUT2D eigenvalue weighted by Crippen LogP contribution is 2.34. The van der Waals surface area contributed by atoms with Crippen molar-refractivity contribution < 1.29 is 4.39 Å². The SMILES string of the molecule is Fc1ccc(N2CCNc3ccccc32)cc1. The summed E-state index contributed by atoms with van der Waals surface area (Å²) in [5.41, 5.74) is 3.30. The van der Waals surface area contributed by atoms with Crippen LogP contribution in [0.15, 0.2) is 48.5 Å². The molecule has 0 spiro atoms.